The summed E-state index contributed by atoms with van der Waals surface area (Å²) in [5.74, 6) is 0.422. The van der Waals surface area contributed by atoms with Gasteiger partial charge in [-0.25, -0.2) is 0 Å². The summed E-state index contributed by atoms with van der Waals surface area (Å²) >= 11 is 6.33. The molecule has 1 fully saturated rings. The van der Waals surface area contributed by atoms with Crippen molar-refractivity contribution in [3.63, 3.8) is 0 Å². The summed E-state index contributed by atoms with van der Waals surface area (Å²) in [4.78, 5) is 0. The van der Waals surface area contributed by atoms with E-state index in [2.05, 4.69) is 40.2 Å². The van der Waals surface area contributed by atoms with Crippen LogP contribution in [0.15, 0.2) is 30.3 Å². The summed E-state index contributed by atoms with van der Waals surface area (Å²) in [6.45, 7) is 1.74. The van der Waals surface area contributed by atoms with Gasteiger partial charge in [-0.15, -0.1) is 0 Å². The van der Waals surface area contributed by atoms with Crippen LogP contribution < -0.4 is 16.0 Å². The molecule has 2 aromatic rings. The van der Waals surface area contributed by atoms with Gasteiger partial charge in [0.05, 0.1) is 16.4 Å². The number of benzene rings is 2. The average Bonchev–Trinajstić information content (AvgIpc) is 3.46. The summed E-state index contributed by atoms with van der Waals surface area (Å²) in [6.07, 6.45) is 2.27. The van der Waals surface area contributed by atoms with Crippen LogP contribution in [0, 0.1) is 11.3 Å². The molecule has 0 radical (unpaired) electrons. The van der Waals surface area contributed by atoms with Crippen LogP contribution in [0.2, 0.25) is 5.02 Å². The molecule has 0 bridgehead atoms. The minimum atomic E-state index is 0.422. The van der Waals surface area contributed by atoms with Crippen LogP contribution in [0.3, 0.4) is 0 Å². The van der Waals surface area contributed by atoms with Gasteiger partial charge in [0.15, 0.2) is 0 Å². The zero-order chi connectivity index (χ0) is 16.7. The average molecular weight is 341 g/mol. The van der Waals surface area contributed by atoms with Crippen molar-refractivity contribution >= 4 is 34.4 Å². The van der Waals surface area contributed by atoms with Crippen LogP contribution >= 0.6 is 11.6 Å². The van der Waals surface area contributed by atoms with Gasteiger partial charge in [-0.2, -0.15) is 0 Å². The van der Waals surface area contributed by atoms with E-state index in [4.69, 9.17) is 17.0 Å². The Morgan fingerprint density at radius 1 is 1.12 bits per heavy atom. The Hall–Kier alpha value is -2.20. The number of halogens is 1. The predicted octanol–water partition coefficient (Wildman–Crippen LogP) is 4.66. The lowest BCUT2D eigenvalue weighted by Crippen LogP contribution is -2.21. The molecular formula is C19H21ClN4. The molecule has 0 spiro atoms. The monoisotopic (exact) mass is 340 g/mol. The van der Waals surface area contributed by atoms with Crippen molar-refractivity contribution in [1.82, 2.24) is 0 Å². The molecule has 124 valence electrons. The summed E-state index contributed by atoms with van der Waals surface area (Å²) in [5.41, 5.74) is 7.02. The molecule has 0 amide bonds. The number of hydrogen-bond donors (Lipinski definition) is 4. The van der Waals surface area contributed by atoms with Crippen molar-refractivity contribution in [2.75, 3.05) is 36.1 Å². The van der Waals surface area contributed by atoms with Gasteiger partial charge < -0.3 is 21.4 Å². The van der Waals surface area contributed by atoms with Crippen LogP contribution in [0.4, 0.5) is 17.1 Å². The van der Waals surface area contributed by atoms with E-state index >= 15 is 0 Å². The summed E-state index contributed by atoms with van der Waals surface area (Å²) in [6, 6.07) is 10.3. The van der Waals surface area contributed by atoms with Crippen molar-refractivity contribution in [2.24, 2.45) is 5.92 Å². The lowest BCUT2D eigenvalue weighted by molar-refractivity contribution is 1.05. The lowest BCUT2D eigenvalue weighted by atomic mass is 9.95. The highest BCUT2D eigenvalue weighted by Crippen LogP contribution is 2.42. The zero-order valence-corrected chi connectivity index (χ0v) is 14.4. The first-order valence-corrected chi connectivity index (χ1v) is 8.78. The minimum absolute atomic E-state index is 0.422. The maximum Gasteiger partial charge on any atom is 0.0772 e. The molecule has 2 aliphatic rings. The van der Waals surface area contributed by atoms with Crippen LogP contribution in [-0.4, -0.2) is 25.8 Å². The molecule has 5 heteroatoms. The second-order valence-corrected chi connectivity index (χ2v) is 6.80. The van der Waals surface area contributed by atoms with Gasteiger partial charge in [0, 0.05) is 48.6 Å². The smallest absolute Gasteiger partial charge is 0.0772 e. The quantitative estimate of drug-likeness (QED) is 0.612. The largest absolute Gasteiger partial charge is 0.388 e. The van der Waals surface area contributed by atoms with E-state index in [1.165, 1.54) is 0 Å². The Bertz CT molecular complexity index is 811. The Kier molecular flexibility index (Phi) is 3.85. The fourth-order valence-corrected chi connectivity index (χ4v) is 3.52. The van der Waals surface area contributed by atoms with Gasteiger partial charge in [-0.3, -0.25) is 0 Å². The van der Waals surface area contributed by atoms with Crippen molar-refractivity contribution in [3.8, 4) is 11.1 Å². The Balaban J connectivity index is 1.82. The van der Waals surface area contributed by atoms with Gasteiger partial charge >= 0.3 is 0 Å². The maximum atomic E-state index is 8.48. The highest BCUT2D eigenvalue weighted by Gasteiger charge is 2.29. The van der Waals surface area contributed by atoms with Gasteiger partial charge in [0.2, 0.25) is 0 Å². The maximum absolute atomic E-state index is 8.48. The molecule has 0 saturated heterocycles. The van der Waals surface area contributed by atoms with E-state index in [9.17, 15) is 0 Å². The van der Waals surface area contributed by atoms with E-state index in [1.807, 2.05) is 13.1 Å². The highest BCUT2D eigenvalue weighted by molar-refractivity contribution is 6.34. The fourth-order valence-electron chi connectivity index (χ4n) is 3.29. The van der Waals surface area contributed by atoms with Gasteiger partial charge in [0.25, 0.3) is 0 Å². The van der Waals surface area contributed by atoms with E-state index in [0.717, 1.165) is 70.4 Å². The molecular weight excluding hydrogens is 320 g/mol. The molecule has 24 heavy (non-hydrogen) atoms. The summed E-state index contributed by atoms with van der Waals surface area (Å²) < 4.78 is 0. The van der Waals surface area contributed by atoms with E-state index in [1.54, 1.807) is 0 Å². The number of fused-ring (bicyclic) bond motifs is 1. The topological polar surface area (TPSA) is 59.9 Å². The molecule has 0 atom stereocenters. The van der Waals surface area contributed by atoms with Gasteiger partial charge in [-0.05, 0) is 36.6 Å². The van der Waals surface area contributed by atoms with Crippen molar-refractivity contribution in [3.05, 3.63) is 40.9 Å². The zero-order valence-electron chi connectivity index (χ0n) is 13.7. The molecule has 1 saturated carbocycles. The number of hydrogen-bond acceptors (Lipinski definition) is 4. The Morgan fingerprint density at radius 2 is 1.88 bits per heavy atom. The van der Waals surface area contributed by atoms with Crippen LogP contribution in [-0.2, 0) is 0 Å². The number of anilines is 3. The molecule has 4 rings (SSSR count). The highest BCUT2D eigenvalue weighted by atomic mass is 35.5. The molecule has 1 aliphatic heterocycles. The fraction of sp³-hybridized carbons (Fsp3) is 0.316. The molecule has 4 nitrogen and oxygen atoms in total. The van der Waals surface area contributed by atoms with Gasteiger partial charge in [-0.1, -0.05) is 23.7 Å². The third-order valence-electron chi connectivity index (χ3n) is 4.76. The first-order chi connectivity index (χ1) is 11.7. The first kappa shape index (κ1) is 15.3. The van der Waals surface area contributed by atoms with Crippen LogP contribution in [0.25, 0.3) is 11.1 Å². The van der Waals surface area contributed by atoms with Gasteiger partial charge in [0.1, 0.15) is 0 Å². The second kappa shape index (κ2) is 6.02. The standard InChI is InChI=1S/C19H21ClN4/c1-22-16-7-4-12(10-14(16)17(21)11-2-3-11)13-5-6-15(20)19-18(13)23-8-9-24-19/h4-7,10-11,21-24H,2-3,8-9H2,1H3. The molecule has 0 aromatic heterocycles. The Labute approximate surface area is 147 Å². The molecule has 2 aromatic carbocycles. The molecule has 1 aliphatic carbocycles. The lowest BCUT2D eigenvalue weighted by Gasteiger charge is -2.24. The summed E-state index contributed by atoms with van der Waals surface area (Å²) in [7, 11) is 1.91. The van der Waals surface area contributed by atoms with Crippen molar-refractivity contribution in [2.45, 2.75) is 12.8 Å². The van der Waals surface area contributed by atoms with E-state index < -0.39 is 0 Å². The first-order valence-electron chi connectivity index (χ1n) is 8.40. The number of nitrogens with one attached hydrogen (secondary N) is 4. The number of rotatable bonds is 4. The van der Waals surface area contributed by atoms with E-state index in [-0.39, 0.29) is 0 Å². The third kappa shape index (κ3) is 2.61. The van der Waals surface area contributed by atoms with Crippen LogP contribution in [0.1, 0.15) is 18.4 Å². The van der Waals surface area contributed by atoms with Crippen LogP contribution in [0.5, 0.6) is 0 Å². The third-order valence-corrected chi connectivity index (χ3v) is 5.07. The van der Waals surface area contributed by atoms with Crippen molar-refractivity contribution < 1.29 is 0 Å². The molecule has 1 heterocycles. The second-order valence-electron chi connectivity index (χ2n) is 6.40. The Morgan fingerprint density at radius 3 is 2.58 bits per heavy atom. The minimum Gasteiger partial charge on any atom is -0.388 e. The molecule has 4 N–H and O–H groups in total. The molecule has 0 unspecified atom stereocenters. The SMILES string of the molecule is CNc1ccc(-c2ccc(Cl)c3c2NCCN3)cc1C(=N)C1CC1. The van der Waals surface area contributed by atoms with E-state index in [0.29, 0.717) is 5.92 Å². The van der Waals surface area contributed by atoms with Crippen molar-refractivity contribution in [1.29, 1.82) is 5.41 Å². The predicted molar refractivity (Wildman–Crippen MR) is 103 cm³/mol. The normalized spacial score (nSPS) is 15.9. The summed E-state index contributed by atoms with van der Waals surface area (Å²) in [5, 5.41) is 19.3.